The van der Waals surface area contributed by atoms with Crippen molar-refractivity contribution in [1.82, 2.24) is 10.6 Å². The second kappa shape index (κ2) is 10.1. The van der Waals surface area contributed by atoms with Gasteiger partial charge in [0.1, 0.15) is 5.78 Å². The second-order valence-electron chi connectivity index (χ2n) is 5.41. The minimum atomic E-state index is -0.710. The van der Waals surface area contributed by atoms with Crippen LogP contribution in [0.25, 0.3) is 0 Å². The molecule has 22 heavy (non-hydrogen) atoms. The molecule has 0 aromatic heterocycles. The van der Waals surface area contributed by atoms with Crippen molar-refractivity contribution in [3.63, 3.8) is 0 Å². The van der Waals surface area contributed by atoms with Crippen molar-refractivity contribution < 1.29 is 14.7 Å². The number of aliphatic hydroxyl groups is 1. The molecule has 3 unspecified atom stereocenters. The molecule has 0 bridgehead atoms. The molecule has 0 aliphatic carbocycles. The molecule has 1 amide bonds. The number of ketones is 1. The van der Waals surface area contributed by atoms with Gasteiger partial charge < -0.3 is 15.7 Å². The van der Waals surface area contributed by atoms with Crippen molar-refractivity contribution >= 4 is 11.7 Å². The average molecular weight is 306 g/mol. The highest BCUT2D eigenvalue weighted by atomic mass is 16.3. The van der Waals surface area contributed by atoms with Gasteiger partial charge in [0.05, 0.1) is 12.1 Å². The fourth-order valence-electron chi connectivity index (χ4n) is 2.41. The summed E-state index contributed by atoms with van der Waals surface area (Å²) in [4.78, 5) is 22.2. The molecule has 3 N–H and O–H groups in total. The van der Waals surface area contributed by atoms with Crippen LogP contribution in [0.15, 0.2) is 36.4 Å². The Hall–Kier alpha value is -1.72. The lowest BCUT2D eigenvalue weighted by Gasteiger charge is -2.32. The van der Waals surface area contributed by atoms with Gasteiger partial charge in [-0.25, -0.2) is 0 Å². The Balaban J connectivity index is 0.000000335. The zero-order chi connectivity index (χ0) is 16.4. The Labute approximate surface area is 132 Å². The molecular formula is C17H26N2O3. The number of carbonyl (C=O) groups is 2. The number of aliphatic hydroxyl groups excluding tert-OH is 1. The maximum Gasteiger partial charge on any atom is 0.217 e. The third-order valence-electron chi connectivity index (χ3n) is 3.58. The van der Waals surface area contributed by atoms with E-state index in [2.05, 4.69) is 10.6 Å². The van der Waals surface area contributed by atoms with Gasteiger partial charge in [-0.2, -0.15) is 0 Å². The molecule has 5 nitrogen and oxygen atoms in total. The summed E-state index contributed by atoms with van der Waals surface area (Å²) < 4.78 is 0. The number of rotatable bonds is 4. The lowest BCUT2D eigenvalue weighted by atomic mass is 9.93. The fourth-order valence-corrected chi connectivity index (χ4v) is 2.41. The van der Waals surface area contributed by atoms with Gasteiger partial charge in [-0.1, -0.05) is 43.3 Å². The van der Waals surface area contributed by atoms with E-state index in [1.54, 1.807) is 0 Å². The SMILES string of the molecule is CCC(NC(C)=O)C(O)C1CC(=O)CCN1.c1ccccc1. The monoisotopic (exact) mass is 306 g/mol. The molecule has 1 aromatic rings. The Bertz CT molecular complexity index is 420. The second-order valence-corrected chi connectivity index (χ2v) is 5.41. The highest BCUT2D eigenvalue weighted by molar-refractivity contribution is 5.80. The largest absolute Gasteiger partial charge is 0.389 e. The molecule has 1 aliphatic rings. The Kier molecular flexibility index (Phi) is 8.40. The average Bonchev–Trinajstić information content (AvgIpc) is 2.54. The van der Waals surface area contributed by atoms with Crippen LogP contribution in [0.3, 0.4) is 0 Å². The quantitative estimate of drug-likeness (QED) is 0.783. The summed E-state index contributed by atoms with van der Waals surface area (Å²) in [5.74, 6) is 0.00788. The number of amides is 1. The Morgan fingerprint density at radius 1 is 1.32 bits per heavy atom. The Morgan fingerprint density at radius 2 is 1.86 bits per heavy atom. The summed E-state index contributed by atoms with van der Waals surface area (Å²) in [6.45, 7) is 3.93. The van der Waals surface area contributed by atoms with Crippen molar-refractivity contribution in [3.05, 3.63) is 36.4 Å². The van der Waals surface area contributed by atoms with E-state index in [0.717, 1.165) is 0 Å². The van der Waals surface area contributed by atoms with Crippen molar-refractivity contribution in [2.45, 2.75) is 51.3 Å². The zero-order valence-corrected chi connectivity index (χ0v) is 13.3. The van der Waals surface area contributed by atoms with E-state index in [1.807, 2.05) is 43.3 Å². The Morgan fingerprint density at radius 3 is 2.27 bits per heavy atom. The summed E-state index contributed by atoms with van der Waals surface area (Å²) in [6.07, 6.45) is 0.808. The zero-order valence-electron chi connectivity index (χ0n) is 13.3. The van der Waals surface area contributed by atoms with E-state index in [1.165, 1.54) is 6.92 Å². The molecule has 2 rings (SSSR count). The van der Waals surface area contributed by atoms with E-state index in [-0.39, 0.29) is 23.8 Å². The molecule has 1 heterocycles. The van der Waals surface area contributed by atoms with Crippen LogP contribution in [0.5, 0.6) is 0 Å². The van der Waals surface area contributed by atoms with Gasteiger partial charge in [0.2, 0.25) is 5.91 Å². The van der Waals surface area contributed by atoms with E-state index in [4.69, 9.17) is 0 Å². The summed E-state index contributed by atoms with van der Waals surface area (Å²) in [7, 11) is 0. The first-order valence-electron chi connectivity index (χ1n) is 7.74. The number of piperidine rings is 1. The molecule has 5 heteroatoms. The van der Waals surface area contributed by atoms with E-state index in [9.17, 15) is 14.7 Å². The molecule has 122 valence electrons. The topological polar surface area (TPSA) is 78.4 Å². The molecule has 0 saturated carbocycles. The highest BCUT2D eigenvalue weighted by Gasteiger charge is 2.30. The number of hydrogen-bond acceptors (Lipinski definition) is 4. The predicted molar refractivity (Wildman–Crippen MR) is 86.4 cm³/mol. The molecule has 1 aromatic carbocycles. The van der Waals surface area contributed by atoms with Crippen LogP contribution in [-0.4, -0.2) is 41.5 Å². The van der Waals surface area contributed by atoms with E-state index >= 15 is 0 Å². The van der Waals surface area contributed by atoms with Gasteiger partial charge >= 0.3 is 0 Å². The van der Waals surface area contributed by atoms with E-state index < -0.39 is 6.10 Å². The summed E-state index contributed by atoms with van der Waals surface area (Å²) in [5, 5.41) is 15.9. The minimum absolute atomic E-state index is 0.159. The van der Waals surface area contributed by atoms with Crippen LogP contribution in [0.1, 0.15) is 33.1 Å². The van der Waals surface area contributed by atoms with Crippen LogP contribution in [0.2, 0.25) is 0 Å². The lowest BCUT2D eigenvalue weighted by molar-refractivity contribution is -0.122. The van der Waals surface area contributed by atoms with Gasteiger partial charge in [0, 0.05) is 32.4 Å². The maximum atomic E-state index is 11.3. The number of hydrogen-bond donors (Lipinski definition) is 3. The van der Waals surface area contributed by atoms with Gasteiger partial charge in [0.15, 0.2) is 0 Å². The molecule has 0 radical (unpaired) electrons. The highest BCUT2D eigenvalue weighted by Crippen LogP contribution is 2.12. The standard InChI is InChI=1S/C11H20N2O3.C6H6/c1-3-9(13-7(2)14)11(16)10-6-8(15)4-5-12-10;1-2-4-6-5-3-1/h9-12,16H,3-6H2,1-2H3,(H,13,14);1-6H. The van der Waals surface area contributed by atoms with Crippen molar-refractivity contribution in [2.24, 2.45) is 0 Å². The predicted octanol–water partition coefficient (Wildman–Crippen LogP) is 1.27. The van der Waals surface area contributed by atoms with Crippen LogP contribution < -0.4 is 10.6 Å². The van der Waals surface area contributed by atoms with Crippen LogP contribution in [-0.2, 0) is 9.59 Å². The number of benzene rings is 1. The first-order valence-corrected chi connectivity index (χ1v) is 7.74. The molecule has 0 spiro atoms. The van der Waals surface area contributed by atoms with Crippen molar-refractivity contribution in [3.8, 4) is 0 Å². The van der Waals surface area contributed by atoms with Crippen molar-refractivity contribution in [2.75, 3.05) is 6.54 Å². The molecular weight excluding hydrogens is 280 g/mol. The first kappa shape index (κ1) is 18.3. The summed E-state index contributed by atoms with van der Waals surface area (Å²) >= 11 is 0. The minimum Gasteiger partial charge on any atom is -0.389 e. The van der Waals surface area contributed by atoms with Crippen LogP contribution >= 0.6 is 0 Å². The molecule has 1 aliphatic heterocycles. The van der Waals surface area contributed by atoms with Gasteiger partial charge in [0.25, 0.3) is 0 Å². The van der Waals surface area contributed by atoms with Gasteiger partial charge in [-0.15, -0.1) is 0 Å². The lowest BCUT2D eigenvalue weighted by Crippen LogP contribution is -2.55. The smallest absolute Gasteiger partial charge is 0.217 e. The normalized spacial score (nSPS) is 20.3. The number of Topliss-reactive ketones (excluding diaryl/α,β-unsaturated/α-hetero) is 1. The van der Waals surface area contributed by atoms with E-state index in [0.29, 0.717) is 25.8 Å². The first-order chi connectivity index (χ1) is 10.5. The van der Waals surface area contributed by atoms with Crippen molar-refractivity contribution in [1.29, 1.82) is 0 Å². The summed E-state index contributed by atoms with van der Waals surface area (Å²) in [5.41, 5.74) is 0. The molecule has 1 saturated heterocycles. The maximum absolute atomic E-state index is 11.3. The van der Waals surface area contributed by atoms with Gasteiger partial charge in [-0.3, -0.25) is 9.59 Å². The summed E-state index contributed by atoms with van der Waals surface area (Å²) in [6, 6.07) is 11.5. The molecule has 1 fully saturated rings. The molecule has 3 atom stereocenters. The van der Waals surface area contributed by atoms with Crippen LogP contribution in [0.4, 0.5) is 0 Å². The number of nitrogens with one attached hydrogen (secondary N) is 2. The number of carbonyl (C=O) groups excluding carboxylic acids is 2. The van der Waals surface area contributed by atoms with Gasteiger partial charge in [-0.05, 0) is 6.42 Å². The fraction of sp³-hybridized carbons (Fsp3) is 0.529. The third-order valence-corrected chi connectivity index (χ3v) is 3.58. The van der Waals surface area contributed by atoms with Crippen LogP contribution in [0, 0.1) is 0 Å². The third kappa shape index (κ3) is 6.83.